The monoisotopic (exact) mass is 262 g/mol. The van der Waals surface area contributed by atoms with Crippen LogP contribution in [-0.2, 0) is 0 Å². The molecule has 0 aromatic carbocycles. The van der Waals surface area contributed by atoms with Crippen molar-refractivity contribution in [1.82, 2.24) is 19.9 Å². The molecular weight excluding hydrogens is 252 g/mol. The first-order valence-electron chi connectivity index (χ1n) is 6.21. The van der Waals surface area contributed by atoms with Crippen molar-refractivity contribution in [2.24, 2.45) is 0 Å². The summed E-state index contributed by atoms with van der Waals surface area (Å²) in [7, 11) is 0. The van der Waals surface area contributed by atoms with E-state index in [1.54, 1.807) is 18.7 Å². The van der Waals surface area contributed by atoms with Crippen LogP contribution in [0.3, 0.4) is 0 Å². The van der Waals surface area contributed by atoms with Crippen LogP contribution in [0.15, 0.2) is 59.6 Å². The van der Waals surface area contributed by atoms with Crippen molar-refractivity contribution in [3.05, 3.63) is 55.2 Å². The highest BCUT2D eigenvalue weighted by molar-refractivity contribution is 5.83. The molecule has 4 heterocycles. The van der Waals surface area contributed by atoms with Crippen molar-refractivity contribution in [2.45, 2.75) is 0 Å². The molecule has 0 bridgehead atoms. The van der Waals surface area contributed by atoms with Crippen molar-refractivity contribution in [3.63, 3.8) is 0 Å². The molecule has 1 N–H and O–H groups in total. The summed E-state index contributed by atoms with van der Waals surface area (Å²) in [6.45, 7) is 0. The Morgan fingerprint density at radius 3 is 2.65 bits per heavy atom. The highest BCUT2D eigenvalue weighted by Gasteiger charge is 2.15. The van der Waals surface area contributed by atoms with Crippen LogP contribution < -0.4 is 0 Å². The summed E-state index contributed by atoms with van der Waals surface area (Å²) >= 11 is 0. The molecule has 0 saturated carbocycles. The lowest BCUT2D eigenvalue weighted by atomic mass is 10.1. The molecule has 0 amide bonds. The van der Waals surface area contributed by atoms with E-state index in [1.807, 2.05) is 36.5 Å². The minimum atomic E-state index is 0.695. The van der Waals surface area contributed by atoms with Crippen LogP contribution in [-0.4, -0.2) is 19.9 Å². The Morgan fingerprint density at radius 2 is 1.85 bits per heavy atom. The number of rotatable bonds is 2. The normalized spacial score (nSPS) is 11.0. The van der Waals surface area contributed by atoms with Crippen LogP contribution in [0.1, 0.15) is 0 Å². The first-order valence-corrected chi connectivity index (χ1v) is 6.21. The summed E-state index contributed by atoms with van der Waals surface area (Å²) in [6, 6.07) is 9.44. The fraction of sp³-hybridized carbons (Fsp3) is 0. The van der Waals surface area contributed by atoms with E-state index in [2.05, 4.69) is 19.9 Å². The molecule has 0 fully saturated rings. The Morgan fingerprint density at radius 1 is 0.950 bits per heavy atom. The molecule has 20 heavy (non-hydrogen) atoms. The van der Waals surface area contributed by atoms with E-state index in [9.17, 15) is 0 Å². The standard InChI is InChI=1S/C15H10N4O/c1-2-12(20-9-1)14-13(10-3-6-16-7-4-10)18-11-5-8-17-15(11)19-14/h1-9H,(H,17,19). The fourth-order valence-corrected chi connectivity index (χ4v) is 2.17. The average Bonchev–Trinajstić information content (AvgIpc) is 3.17. The molecule has 0 saturated heterocycles. The maximum Gasteiger partial charge on any atom is 0.156 e. The zero-order valence-corrected chi connectivity index (χ0v) is 10.4. The van der Waals surface area contributed by atoms with Gasteiger partial charge in [0, 0.05) is 24.2 Å². The molecule has 4 aromatic heterocycles. The van der Waals surface area contributed by atoms with Gasteiger partial charge in [0.15, 0.2) is 11.4 Å². The van der Waals surface area contributed by atoms with Gasteiger partial charge in [-0.1, -0.05) is 0 Å². The lowest BCUT2D eigenvalue weighted by Crippen LogP contribution is -1.93. The predicted molar refractivity (Wildman–Crippen MR) is 74.8 cm³/mol. The van der Waals surface area contributed by atoms with Gasteiger partial charge in [-0.2, -0.15) is 0 Å². The molecule has 5 heteroatoms. The molecule has 4 aromatic rings. The smallest absolute Gasteiger partial charge is 0.156 e. The van der Waals surface area contributed by atoms with E-state index >= 15 is 0 Å². The van der Waals surface area contributed by atoms with Crippen molar-refractivity contribution < 1.29 is 4.42 Å². The molecule has 0 unspecified atom stereocenters. The van der Waals surface area contributed by atoms with Gasteiger partial charge in [-0.05, 0) is 30.3 Å². The summed E-state index contributed by atoms with van der Waals surface area (Å²) in [5.41, 5.74) is 4.04. The van der Waals surface area contributed by atoms with Gasteiger partial charge in [-0.3, -0.25) is 4.98 Å². The number of pyridine rings is 1. The van der Waals surface area contributed by atoms with Crippen LogP contribution in [0.4, 0.5) is 0 Å². The van der Waals surface area contributed by atoms with E-state index < -0.39 is 0 Å². The zero-order chi connectivity index (χ0) is 13.4. The largest absolute Gasteiger partial charge is 0.463 e. The van der Waals surface area contributed by atoms with Crippen molar-refractivity contribution >= 4 is 11.2 Å². The number of aromatic nitrogens is 4. The molecule has 0 aliphatic carbocycles. The van der Waals surface area contributed by atoms with Crippen molar-refractivity contribution in [2.75, 3.05) is 0 Å². The third-order valence-electron chi connectivity index (χ3n) is 3.09. The maximum atomic E-state index is 5.48. The van der Waals surface area contributed by atoms with Gasteiger partial charge in [0.25, 0.3) is 0 Å². The van der Waals surface area contributed by atoms with E-state index in [-0.39, 0.29) is 0 Å². The summed E-state index contributed by atoms with van der Waals surface area (Å²) in [4.78, 5) is 16.4. The van der Waals surface area contributed by atoms with Crippen molar-refractivity contribution in [1.29, 1.82) is 0 Å². The Kier molecular flexibility index (Phi) is 2.35. The Labute approximate surface area is 114 Å². The number of nitrogens with one attached hydrogen (secondary N) is 1. The molecule has 4 rings (SSSR count). The quantitative estimate of drug-likeness (QED) is 0.602. The number of hydrogen-bond acceptors (Lipinski definition) is 4. The second-order valence-electron chi connectivity index (χ2n) is 4.35. The highest BCUT2D eigenvalue weighted by Crippen LogP contribution is 2.30. The SMILES string of the molecule is c1coc(-c2nc3[nH]ccc3nc2-c2ccncc2)c1. The molecular formula is C15H10N4O. The number of H-pyrrole nitrogens is 1. The van der Waals surface area contributed by atoms with E-state index in [0.717, 1.165) is 28.1 Å². The lowest BCUT2D eigenvalue weighted by molar-refractivity contribution is 0.580. The van der Waals surface area contributed by atoms with Gasteiger partial charge >= 0.3 is 0 Å². The highest BCUT2D eigenvalue weighted by atomic mass is 16.3. The molecule has 0 spiro atoms. The Balaban J connectivity index is 2.04. The average molecular weight is 262 g/mol. The number of fused-ring (bicyclic) bond motifs is 1. The summed E-state index contributed by atoms with van der Waals surface area (Å²) < 4.78 is 5.48. The van der Waals surface area contributed by atoms with Crippen LogP contribution in [0.25, 0.3) is 33.9 Å². The molecule has 0 radical (unpaired) electrons. The number of nitrogens with zero attached hydrogens (tertiary/aromatic N) is 3. The minimum absolute atomic E-state index is 0.695. The van der Waals surface area contributed by atoms with Crippen molar-refractivity contribution in [3.8, 4) is 22.7 Å². The molecule has 0 aliphatic heterocycles. The maximum absolute atomic E-state index is 5.48. The Bertz CT molecular complexity index is 850. The van der Waals surface area contributed by atoms with Crippen LogP contribution in [0.2, 0.25) is 0 Å². The molecule has 5 nitrogen and oxygen atoms in total. The molecule has 96 valence electrons. The summed E-state index contributed by atoms with van der Waals surface area (Å²) in [5, 5.41) is 0. The third kappa shape index (κ3) is 1.68. The first kappa shape index (κ1) is 10.9. The number of hydrogen-bond donors (Lipinski definition) is 1. The second-order valence-corrected chi connectivity index (χ2v) is 4.35. The zero-order valence-electron chi connectivity index (χ0n) is 10.4. The van der Waals surface area contributed by atoms with Gasteiger partial charge in [0.05, 0.1) is 6.26 Å². The van der Waals surface area contributed by atoms with E-state index in [4.69, 9.17) is 4.42 Å². The van der Waals surface area contributed by atoms with Gasteiger partial charge in [-0.15, -0.1) is 0 Å². The predicted octanol–water partition coefficient (Wildman–Crippen LogP) is 3.28. The van der Waals surface area contributed by atoms with Gasteiger partial charge in [0.1, 0.15) is 16.9 Å². The lowest BCUT2D eigenvalue weighted by Gasteiger charge is -2.06. The van der Waals surface area contributed by atoms with Crippen LogP contribution in [0, 0.1) is 0 Å². The first-order chi connectivity index (χ1) is 9.92. The summed E-state index contributed by atoms with van der Waals surface area (Å²) in [5.74, 6) is 0.695. The Hall–Kier alpha value is -2.95. The van der Waals surface area contributed by atoms with Crippen LogP contribution >= 0.6 is 0 Å². The van der Waals surface area contributed by atoms with E-state index in [1.165, 1.54) is 0 Å². The fourth-order valence-electron chi connectivity index (χ4n) is 2.17. The number of furan rings is 1. The van der Waals surface area contributed by atoms with Crippen LogP contribution in [0.5, 0.6) is 0 Å². The van der Waals surface area contributed by atoms with E-state index in [0.29, 0.717) is 5.76 Å². The molecule has 0 atom stereocenters. The van der Waals surface area contributed by atoms with Gasteiger partial charge in [-0.25, -0.2) is 9.97 Å². The minimum Gasteiger partial charge on any atom is -0.463 e. The number of aromatic amines is 1. The summed E-state index contributed by atoms with van der Waals surface area (Å²) in [6.07, 6.45) is 6.94. The topological polar surface area (TPSA) is 67.6 Å². The van der Waals surface area contributed by atoms with Gasteiger partial charge in [0.2, 0.25) is 0 Å². The molecule has 0 aliphatic rings. The third-order valence-corrected chi connectivity index (χ3v) is 3.09. The van der Waals surface area contributed by atoms with Gasteiger partial charge < -0.3 is 9.40 Å². The second kappa shape index (κ2) is 4.31.